The van der Waals surface area contributed by atoms with Gasteiger partial charge in [0.2, 0.25) is 0 Å². The average Bonchev–Trinajstić information content (AvgIpc) is 1.68. The summed E-state index contributed by atoms with van der Waals surface area (Å²) < 4.78 is 4.33. The SMILES string of the molecule is [CH2]COC(=O)NC. The van der Waals surface area contributed by atoms with Gasteiger partial charge >= 0.3 is 6.09 Å². The van der Waals surface area contributed by atoms with E-state index in [9.17, 15) is 4.79 Å². The van der Waals surface area contributed by atoms with E-state index in [1.54, 1.807) is 0 Å². The minimum Gasteiger partial charge on any atom is -0.450 e. The third kappa shape index (κ3) is 3.09. The summed E-state index contributed by atoms with van der Waals surface area (Å²) in [5, 5.41) is 2.26. The molecule has 41 valence electrons. The van der Waals surface area contributed by atoms with Crippen LogP contribution in [-0.2, 0) is 4.74 Å². The third-order valence-electron chi connectivity index (χ3n) is 0.437. The van der Waals surface area contributed by atoms with Gasteiger partial charge in [0.25, 0.3) is 0 Å². The Morgan fingerprint density at radius 3 is 2.71 bits per heavy atom. The largest absolute Gasteiger partial charge is 0.450 e. The lowest BCUT2D eigenvalue weighted by Gasteiger charge is -1.95. The average molecular weight is 102 g/mol. The summed E-state index contributed by atoms with van der Waals surface area (Å²) in [4.78, 5) is 10.0. The Bertz CT molecular complexity index is 62.7. The van der Waals surface area contributed by atoms with Gasteiger partial charge in [0.05, 0.1) is 6.61 Å². The van der Waals surface area contributed by atoms with Crippen molar-refractivity contribution in [3.05, 3.63) is 6.92 Å². The van der Waals surface area contributed by atoms with Gasteiger partial charge in [-0.3, -0.25) is 0 Å². The quantitative estimate of drug-likeness (QED) is 0.512. The molecule has 7 heavy (non-hydrogen) atoms. The molecule has 0 aromatic carbocycles. The minimum absolute atomic E-state index is 0.180. The van der Waals surface area contributed by atoms with Gasteiger partial charge in [-0.05, 0) is 6.92 Å². The van der Waals surface area contributed by atoms with Gasteiger partial charge < -0.3 is 10.1 Å². The number of alkyl carbamates (subject to hydrolysis) is 1. The van der Waals surface area contributed by atoms with E-state index in [4.69, 9.17) is 0 Å². The maximum atomic E-state index is 10.0. The van der Waals surface area contributed by atoms with Crippen molar-refractivity contribution < 1.29 is 9.53 Å². The zero-order chi connectivity index (χ0) is 5.70. The lowest BCUT2D eigenvalue weighted by atomic mass is 10.9. The number of hydrogen-bond donors (Lipinski definition) is 1. The summed E-state index contributed by atoms with van der Waals surface area (Å²) in [6, 6.07) is 0. The van der Waals surface area contributed by atoms with Gasteiger partial charge in [-0.2, -0.15) is 0 Å². The number of carbonyl (C=O) groups is 1. The fourth-order valence-corrected chi connectivity index (χ4v) is 0.165. The van der Waals surface area contributed by atoms with Gasteiger partial charge in [0.15, 0.2) is 0 Å². The zero-order valence-corrected chi connectivity index (χ0v) is 4.23. The van der Waals surface area contributed by atoms with Crippen molar-refractivity contribution in [1.29, 1.82) is 0 Å². The molecule has 0 unspecified atom stereocenters. The van der Waals surface area contributed by atoms with E-state index in [0.717, 1.165) is 0 Å². The van der Waals surface area contributed by atoms with E-state index in [-0.39, 0.29) is 6.61 Å². The van der Waals surface area contributed by atoms with Crippen LogP contribution in [0, 0.1) is 6.92 Å². The summed E-state index contributed by atoms with van der Waals surface area (Å²) in [7, 11) is 1.50. The smallest absolute Gasteiger partial charge is 0.406 e. The molecule has 0 heterocycles. The topological polar surface area (TPSA) is 38.3 Å². The van der Waals surface area contributed by atoms with Crippen molar-refractivity contribution in [3.8, 4) is 0 Å². The molecule has 0 aromatic rings. The van der Waals surface area contributed by atoms with E-state index in [1.165, 1.54) is 7.05 Å². The van der Waals surface area contributed by atoms with Gasteiger partial charge in [0, 0.05) is 7.05 Å². The molecule has 0 saturated heterocycles. The van der Waals surface area contributed by atoms with Crippen LogP contribution >= 0.6 is 0 Å². The van der Waals surface area contributed by atoms with Crippen LogP contribution in [0.25, 0.3) is 0 Å². The molecule has 0 aliphatic rings. The Balaban J connectivity index is 3.00. The summed E-state index contributed by atoms with van der Waals surface area (Å²) in [6.45, 7) is 3.47. The zero-order valence-electron chi connectivity index (χ0n) is 4.23. The molecule has 0 aliphatic heterocycles. The first kappa shape index (κ1) is 6.27. The number of nitrogens with one attached hydrogen (secondary N) is 1. The number of carbonyl (C=O) groups excluding carboxylic acids is 1. The van der Waals surface area contributed by atoms with Gasteiger partial charge in [-0.1, -0.05) is 0 Å². The Labute approximate surface area is 42.7 Å². The van der Waals surface area contributed by atoms with Crippen LogP contribution < -0.4 is 5.32 Å². The molecule has 0 fully saturated rings. The van der Waals surface area contributed by atoms with Crippen LogP contribution in [0.4, 0.5) is 4.79 Å². The second kappa shape index (κ2) is 3.46. The van der Waals surface area contributed by atoms with Crippen LogP contribution in [0.15, 0.2) is 0 Å². The summed E-state index contributed by atoms with van der Waals surface area (Å²) >= 11 is 0. The Morgan fingerprint density at radius 2 is 2.57 bits per heavy atom. The molecule has 3 heteroatoms. The highest BCUT2D eigenvalue weighted by molar-refractivity contribution is 5.66. The van der Waals surface area contributed by atoms with Gasteiger partial charge in [0.1, 0.15) is 0 Å². The van der Waals surface area contributed by atoms with E-state index in [0.29, 0.717) is 0 Å². The molecule has 1 amide bonds. The molecule has 0 spiro atoms. The number of rotatable bonds is 1. The predicted molar refractivity (Wildman–Crippen MR) is 25.8 cm³/mol. The summed E-state index contributed by atoms with van der Waals surface area (Å²) in [6.07, 6.45) is -0.435. The standard InChI is InChI=1S/C4H8NO2/c1-3-7-4(6)5-2/h1,3H2,2H3,(H,5,6). The molecule has 0 aromatic heterocycles. The van der Waals surface area contributed by atoms with Crippen LogP contribution in [-0.4, -0.2) is 19.7 Å². The molecule has 3 nitrogen and oxygen atoms in total. The van der Waals surface area contributed by atoms with E-state index in [2.05, 4.69) is 17.0 Å². The first-order chi connectivity index (χ1) is 3.31. The predicted octanol–water partition coefficient (Wildman–Crippen LogP) is 0.176. The summed E-state index contributed by atoms with van der Waals surface area (Å²) in [5.74, 6) is 0. The van der Waals surface area contributed by atoms with Gasteiger partial charge in [-0.15, -0.1) is 0 Å². The van der Waals surface area contributed by atoms with Crippen LogP contribution in [0.2, 0.25) is 0 Å². The first-order valence-corrected chi connectivity index (χ1v) is 1.95. The lowest BCUT2D eigenvalue weighted by Crippen LogP contribution is -2.18. The second-order valence-electron chi connectivity index (χ2n) is 0.886. The highest BCUT2D eigenvalue weighted by atomic mass is 16.5. The molecule has 0 bridgehead atoms. The van der Waals surface area contributed by atoms with Crippen molar-refractivity contribution in [1.82, 2.24) is 5.32 Å². The normalized spacial score (nSPS) is 7.71. The highest BCUT2D eigenvalue weighted by Crippen LogP contribution is 1.70. The van der Waals surface area contributed by atoms with Crippen LogP contribution in [0.5, 0.6) is 0 Å². The van der Waals surface area contributed by atoms with Crippen molar-refractivity contribution >= 4 is 6.09 Å². The van der Waals surface area contributed by atoms with Crippen molar-refractivity contribution in [2.75, 3.05) is 13.7 Å². The fourth-order valence-electron chi connectivity index (χ4n) is 0.165. The van der Waals surface area contributed by atoms with Crippen molar-refractivity contribution in [2.45, 2.75) is 0 Å². The maximum Gasteiger partial charge on any atom is 0.406 e. The minimum atomic E-state index is -0.435. The molecular formula is C4H8NO2. The van der Waals surface area contributed by atoms with Crippen molar-refractivity contribution in [3.63, 3.8) is 0 Å². The second-order valence-corrected chi connectivity index (χ2v) is 0.886. The summed E-state index contributed by atoms with van der Waals surface area (Å²) in [5.41, 5.74) is 0. The Morgan fingerprint density at radius 1 is 2.00 bits per heavy atom. The van der Waals surface area contributed by atoms with E-state index < -0.39 is 6.09 Å². The molecule has 1 radical (unpaired) electrons. The maximum absolute atomic E-state index is 10.0. The van der Waals surface area contributed by atoms with E-state index >= 15 is 0 Å². The molecular weight excluding hydrogens is 94.0 g/mol. The Hall–Kier alpha value is -0.730. The first-order valence-electron chi connectivity index (χ1n) is 1.95. The molecule has 0 saturated carbocycles. The molecule has 0 atom stereocenters. The Kier molecular flexibility index (Phi) is 3.10. The number of hydrogen-bond acceptors (Lipinski definition) is 2. The number of amides is 1. The fraction of sp³-hybridized carbons (Fsp3) is 0.500. The van der Waals surface area contributed by atoms with Crippen LogP contribution in [0.3, 0.4) is 0 Å². The van der Waals surface area contributed by atoms with Gasteiger partial charge in [-0.25, -0.2) is 4.79 Å². The number of ether oxygens (including phenoxy) is 1. The monoisotopic (exact) mass is 102 g/mol. The third-order valence-corrected chi connectivity index (χ3v) is 0.437. The highest BCUT2D eigenvalue weighted by Gasteiger charge is 1.89. The van der Waals surface area contributed by atoms with E-state index in [1.807, 2.05) is 0 Å². The van der Waals surface area contributed by atoms with Crippen molar-refractivity contribution in [2.24, 2.45) is 0 Å². The molecule has 0 rings (SSSR count). The molecule has 0 aliphatic carbocycles. The lowest BCUT2D eigenvalue weighted by molar-refractivity contribution is 0.160. The molecule has 1 N–H and O–H groups in total. The van der Waals surface area contributed by atoms with Crippen LogP contribution in [0.1, 0.15) is 0 Å².